The Hall–Kier alpha value is -2.37. The fourth-order valence-corrected chi connectivity index (χ4v) is 1.24. The van der Waals surface area contributed by atoms with Crippen molar-refractivity contribution in [1.82, 2.24) is 9.78 Å². The summed E-state index contributed by atoms with van der Waals surface area (Å²) in [4.78, 5) is 22.9. The summed E-state index contributed by atoms with van der Waals surface area (Å²) in [6, 6.07) is 4.62. The van der Waals surface area contributed by atoms with E-state index in [1.165, 1.54) is 23.1 Å². The Morgan fingerprint density at radius 1 is 1.47 bits per heavy atom. The van der Waals surface area contributed by atoms with E-state index < -0.39 is 5.97 Å². The van der Waals surface area contributed by atoms with E-state index in [1.807, 2.05) is 0 Å². The number of nitrogens with zero attached hydrogens (tertiary/aromatic N) is 2. The maximum Gasteiger partial charge on any atom is 0.359 e. The minimum absolute atomic E-state index is 0.166. The zero-order valence-corrected chi connectivity index (χ0v) is 9.12. The summed E-state index contributed by atoms with van der Waals surface area (Å²) in [5, 5.41) is 3.86. The first-order chi connectivity index (χ1) is 8.16. The van der Waals surface area contributed by atoms with Crippen LogP contribution >= 0.6 is 0 Å². The lowest BCUT2D eigenvalue weighted by molar-refractivity contribution is 0.0461. The molecule has 0 unspecified atom stereocenters. The van der Waals surface area contributed by atoms with Crippen LogP contribution in [0.5, 0.6) is 0 Å². The molecule has 0 aliphatic carbocycles. The Balaban J connectivity index is 1.91. The number of ketones is 1. The minimum atomic E-state index is -0.634. The number of Topliss-reactive ketones (excluding diaryl/α,β-unsaturated/α-hetero) is 1. The van der Waals surface area contributed by atoms with Crippen LogP contribution in [-0.2, 0) is 11.8 Å². The van der Waals surface area contributed by atoms with Crippen LogP contribution in [0.4, 0.5) is 0 Å². The van der Waals surface area contributed by atoms with E-state index in [-0.39, 0.29) is 23.8 Å². The van der Waals surface area contributed by atoms with Gasteiger partial charge in [-0.3, -0.25) is 9.48 Å². The smallest absolute Gasteiger partial charge is 0.359 e. The first kappa shape index (κ1) is 11.1. The summed E-state index contributed by atoms with van der Waals surface area (Å²) in [6.07, 6.45) is 3.00. The van der Waals surface area contributed by atoms with Crippen molar-refractivity contribution in [2.75, 3.05) is 6.61 Å². The maximum absolute atomic E-state index is 11.5. The lowest BCUT2D eigenvalue weighted by atomic mass is 10.3. The summed E-state index contributed by atoms with van der Waals surface area (Å²) in [7, 11) is 1.69. The Bertz CT molecular complexity index is 527. The minimum Gasteiger partial charge on any atom is -0.461 e. The average molecular weight is 234 g/mol. The van der Waals surface area contributed by atoms with Crippen molar-refractivity contribution in [3.8, 4) is 0 Å². The van der Waals surface area contributed by atoms with Crippen LogP contribution in [0.3, 0.4) is 0 Å². The quantitative estimate of drug-likeness (QED) is 0.584. The van der Waals surface area contributed by atoms with Gasteiger partial charge in [0.05, 0.1) is 6.26 Å². The number of hydrogen-bond acceptors (Lipinski definition) is 5. The molecule has 0 radical (unpaired) electrons. The Morgan fingerprint density at radius 3 is 2.88 bits per heavy atom. The molecule has 0 aliphatic rings. The van der Waals surface area contributed by atoms with Crippen LogP contribution in [-0.4, -0.2) is 28.1 Å². The number of rotatable bonds is 4. The molecule has 0 aromatic carbocycles. The molecule has 2 aromatic rings. The van der Waals surface area contributed by atoms with Gasteiger partial charge >= 0.3 is 5.97 Å². The highest BCUT2D eigenvalue weighted by molar-refractivity contribution is 5.96. The van der Waals surface area contributed by atoms with E-state index in [0.29, 0.717) is 0 Å². The van der Waals surface area contributed by atoms with Crippen molar-refractivity contribution in [3.05, 3.63) is 42.1 Å². The first-order valence-corrected chi connectivity index (χ1v) is 4.90. The van der Waals surface area contributed by atoms with E-state index in [0.717, 1.165) is 0 Å². The number of carbonyl (C=O) groups is 2. The molecular formula is C11H10N2O4. The molecule has 0 N–H and O–H groups in total. The second-order valence-electron chi connectivity index (χ2n) is 3.35. The van der Waals surface area contributed by atoms with E-state index in [1.54, 1.807) is 19.3 Å². The first-order valence-electron chi connectivity index (χ1n) is 4.90. The Kier molecular flexibility index (Phi) is 3.04. The molecule has 0 atom stereocenters. The molecule has 17 heavy (non-hydrogen) atoms. The number of furan rings is 1. The molecule has 0 fully saturated rings. The van der Waals surface area contributed by atoms with Crippen molar-refractivity contribution in [2.24, 2.45) is 7.05 Å². The van der Waals surface area contributed by atoms with Gasteiger partial charge in [0.1, 0.15) is 0 Å². The van der Waals surface area contributed by atoms with Crippen LogP contribution in [0.2, 0.25) is 0 Å². The topological polar surface area (TPSA) is 74.3 Å². The molecule has 0 saturated carbocycles. The zero-order valence-electron chi connectivity index (χ0n) is 9.12. The molecular weight excluding hydrogens is 224 g/mol. The van der Waals surface area contributed by atoms with Gasteiger partial charge < -0.3 is 9.15 Å². The van der Waals surface area contributed by atoms with E-state index >= 15 is 0 Å². The average Bonchev–Trinajstić information content (AvgIpc) is 2.95. The lowest BCUT2D eigenvalue weighted by Gasteiger charge is -1.99. The van der Waals surface area contributed by atoms with Gasteiger partial charge in [-0.25, -0.2) is 4.79 Å². The molecule has 0 aliphatic heterocycles. The van der Waals surface area contributed by atoms with Gasteiger partial charge in [-0.1, -0.05) is 0 Å². The third kappa shape index (κ3) is 2.60. The number of esters is 1. The van der Waals surface area contributed by atoms with Crippen LogP contribution in [0.25, 0.3) is 0 Å². The van der Waals surface area contributed by atoms with Crippen LogP contribution in [0, 0.1) is 0 Å². The summed E-state index contributed by atoms with van der Waals surface area (Å²) in [5.41, 5.74) is 0.166. The van der Waals surface area contributed by atoms with Crippen molar-refractivity contribution in [3.63, 3.8) is 0 Å². The number of hydrogen-bond donors (Lipinski definition) is 0. The SMILES string of the molecule is Cn1ccc(C(=O)OCC(=O)c2ccco2)n1. The van der Waals surface area contributed by atoms with Crippen LogP contribution in [0.1, 0.15) is 21.0 Å². The monoisotopic (exact) mass is 234 g/mol. The molecule has 0 bridgehead atoms. The van der Waals surface area contributed by atoms with Gasteiger partial charge in [0.2, 0.25) is 5.78 Å². The Labute approximate surface area is 96.8 Å². The second kappa shape index (κ2) is 4.65. The highest BCUT2D eigenvalue weighted by atomic mass is 16.5. The lowest BCUT2D eigenvalue weighted by Crippen LogP contribution is -2.14. The predicted octanol–water partition coefficient (Wildman–Crippen LogP) is 1.05. The molecule has 6 heteroatoms. The van der Waals surface area contributed by atoms with Crippen LogP contribution in [0.15, 0.2) is 35.1 Å². The van der Waals surface area contributed by atoms with Crippen molar-refractivity contribution < 1.29 is 18.7 Å². The molecule has 0 spiro atoms. The predicted molar refractivity (Wildman–Crippen MR) is 56.5 cm³/mol. The Morgan fingerprint density at radius 2 is 2.29 bits per heavy atom. The largest absolute Gasteiger partial charge is 0.461 e. The second-order valence-corrected chi connectivity index (χ2v) is 3.35. The van der Waals surface area contributed by atoms with Crippen molar-refractivity contribution in [2.45, 2.75) is 0 Å². The highest BCUT2D eigenvalue weighted by Crippen LogP contribution is 2.03. The summed E-state index contributed by atoms with van der Waals surface area (Å²) in [5.74, 6) is -0.858. The summed E-state index contributed by atoms with van der Waals surface area (Å²) >= 11 is 0. The third-order valence-corrected chi connectivity index (χ3v) is 2.05. The number of ether oxygens (including phenoxy) is 1. The molecule has 2 rings (SSSR count). The number of carbonyl (C=O) groups excluding carboxylic acids is 2. The van der Waals surface area contributed by atoms with Crippen molar-refractivity contribution in [1.29, 1.82) is 0 Å². The molecule has 0 saturated heterocycles. The zero-order chi connectivity index (χ0) is 12.3. The van der Waals surface area contributed by atoms with Gasteiger partial charge in [0.25, 0.3) is 0 Å². The van der Waals surface area contributed by atoms with Gasteiger partial charge in [-0.05, 0) is 18.2 Å². The molecule has 2 aromatic heterocycles. The van der Waals surface area contributed by atoms with Gasteiger partial charge in [-0.15, -0.1) is 0 Å². The van der Waals surface area contributed by atoms with E-state index in [4.69, 9.17) is 9.15 Å². The fourth-order valence-electron chi connectivity index (χ4n) is 1.24. The van der Waals surface area contributed by atoms with E-state index in [9.17, 15) is 9.59 Å². The van der Waals surface area contributed by atoms with Gasteiger partial charge in [0, 0.05) is 13.2 Å². The fraction of sp³-hybridized carbons (Fsp3) is 0.182. The molecule has 0 amide bonds. The molecule has 6 nitrogen and oxygen atoms in total. The maximum atomic E-state index is 11.5. The van der Waals surface area contributed by atoms with Crippen molar-refractivity contribution >= 4 is 11.8 Å². The highest BCUT2D eigenvalue weighted by Gasteiger charge is 2.15. The number of aryl methyl sites for hydroxylation is 1. The normalized spacial score (nSPS) is 10.2. The molecule has 88 valence electrons. The third-order valence-electron chi connectivity index (χ3n) is 2.05. The number of aromatic nitrogens is 2. The molecule has 2 heterocycles. The van der Waals surface area contributed by atoms with E-state index in [2.05, 4.69) is 5.10 Å². The summed E-state index contributed by atoms with van der Waals surface area (Å²) in [6.45, 7) is -0.358. The summed E-state index contributed by atoms with van der Waals surface area (Å²) < 4.78 is 11.2. The van der Waals surface area contributed by atoms with Crippen LogP contribution < -0.4 is 0 Å². The van der Waals surface area contributed by atoms with Gasteiger partial charge in [-0.2, -0.15) is 5.10 Å². The van der Waals surface area contributed by atoms with Gasteiger partial charge in [0.15, 0.2) is 18.1 Å². The standard InChI is InChI=1S/C11H10N2O4/c1-13-5-4-8(12-13)11(15)17-7-9(14)10-3-2-6-16-10/h2-6H,7H2,1H3.